The van der Waals surface area contributed by atoms with Crippen molar-refractivity contribution in [3.63, 3.8) is 0 Å². The highest BCUT2D eigenvalue weighted by atomic mass is 19.1. The maximum absolute atomic E-state index is 13.3. The molecule has 20 heavy (non-hydrogen) atoms. The second-order valence-electron chi connectivity index (χ2n) is 4.81. The van der Waals surface area contributed by atoms with E-state index in [1.54, 1.807) is 0 Å². The number of carbonyl (C=O) groups excluding carboxylic acids is 1. The van der Waals surface area contributed by atoms with Gasteiger partial charge in [0.15, 0.2) is 18.2 Å². The highest BCUT2D eigenvalue weighted by Crippen LogP contribution is 2.28. The smallest absolute Gasteiger partial charge is 0.259 e. The summed E-state index contributed by atoms with van der Waals surface area (Å²) in [5, 5.41) is 11.7. The van der Waals surface area contributed by atoms with E-state index in [0.717, 1.165) is 25.0 Å². The number of rotatable bonds is 4. The van der Waals surface area contributed by atoms with Crippen LogP contribution < -0.4 is 10.1 Å². The number of benzene rings is 1. The van der Waals surface area contributed by atoms with Gasteiger partial charge in [0.05, 0.1) is 6.07 Å². The third-order valence-corrected chi connectivity index (χ3v) is 3.30. The Balaban J connectivity index is 1.91. The highest BCUT2D eigenvalue weighted by Gasteiger charge is 2.35. The van der Waals surface area contributed by atoms with Crippen LogP contribution >= 0.6 is 0 Å². The average Bonchev–Trinajstić information content (AvgIpc) is 2.87. The molecule has 106 valence electrons. The van der Waals surface area contributed by atoms with E-state index in [1.807, 2.05) is 0 Å². The molecule has 0 radical (unpaired) electrons. The van der Waals surface area contributed by atoms with Crippen molar-refractivity contribution in [3.8, 4) is 11.8 Å². The molecule has 1 aromatic carbocycles. The molecule has 1 amide bonds. The van der Waals surface area contributed by atoms with Crippen LogP contribution in [0.4, 0.5) is 8.78 Å². The van der Waals surface area contributed by atoms with Crippen LogP contribution in [-0.4, -0.2) is 18.1 Å². The minimum atomic E-state index is -0.867. The number of hydrogen-bond acceptors (Lipinski definition) is 3. The van der Waals surface area contributed by atoms with E-state index in [4.69, 9.17) is 10.00 Å². The first-order valence-corrected chi connectivity index (χ1v) is 6.35. The maximum Gasteiger partial charge on any atom is 0.259 e. The third kappa shape index (κ3) is 3.23. The van der Waals surface area contributed by atoms with Gasteiger partial charge in [-0.05, 0) is 37.8 Å². The van der Waals surface area contributed by atoms with E-state index in [1.165, 1.54) is 0 Å². The second kappa shape index (κ2) is 5.87. The van der Waals surface area contributed by atoms with E-state index in [2.05, 4.69) is 11.4 Å². The van der Waals surface area contributed by atoms with Gasteiger partial charge in [-0.3, -0.25) is 4.79 Å². The minimum absolute atomic E-state index is 0.195. The van der Waals surface area contributed by atoms with Crippen LogP contribution in [0.1, 0.15) is 25.7 Å². The molecule has 1 fully saturated rings. The van der Waals surface area contributed by atoms with Gasteiger partial charge in [-0.25, -0.2) is 8.78 Å². The van der Waals surface area contributed by atoms with Crippen molar-refractivity contribution in [2.24, 2.45) is 0 Å². The zero-order valence-corrected chi connectivity index (χ0v) is 10.8. The molecule has 1 aliphatic rings. The first-order valence-electron chi connectivity index (χ1n) is 6.35. The molecular weight excluding hydrogens is 266 g/mol. The summed E-state index contributed by atoms with van der Waals surface area (Å²) in [6, 6.07) is 4.96. The molecule has 0 bridgehead atoms. The Morgan fingerprint density at radius 1 is 1.40 bits per heavy atom. The summed E-state index contributed by atoms with van der Waals surface area (Å²) < 4.78 is 31.0. The molecule has 0 saturated heterocycles. The van der Waals surface area contributed by atoms with Crippen LogP contribution in [0.3, 0.4) is 0 Å². The number of carbonyl (C=O) groups is 1. The molecule has 1 aromatic rings. The van der Waals surface area contributed by atoms with E-state index in [9.17, 15) is 13.6 Å². The summed E-state index contributed by atoms with van der Waals surface area (Å²) in [6.45, 7) is -0.411. The Morgan fingerprint density at radius 2 is 2.10 bits per heavy atom. The quantitative estimate of drug-likeness (QED) is 0.920. The van der Waals surface area contributed by atoms with Gasteiger partial charge in [0.1, 0.15) is 11.4 Å². The van der Waals surface area contributed by atoms with Crippen LogP contribution in [0.25, 0.3) is 0 Å². The van der Waals surface area contributed by atoms with Crippen molar-refractivity contribution in [2.75, 3.05) is 6.61 Å². The van der Waals surface area contributed by atoms with Gasteiger partial charge in [-0.2, -0.15) is 5.26 Å². The van der Waals surface area contributed by atoms with Gasteiger partial charge >= 0.3 is 0 Å². The van der Waals surface area contributed by atoms with Crippen molar-refractivity contribution in [1.82, 2.24) is 5.32 Å². The second-order valence-corrected chi connectivity index (χ2v) is 4.81. The first kappa shape index (κ1) is 14.3. The number of hydrogen-bond donors (Lipinski definition) is 1. The number of amides is 1. The average molecular weight is 280 g/mol. The Hall–Kier alpha value is -2.16. The third-order valence-electron chi connectivity index (χ3n) is 3.30. The molecule has 2 rings (SSSR count). The van der Waals surface area contributed by atoms with E-state index < -0.39 is 29.7 Å². The monoisotopic (exact) mass is 280 g/mol. The number of nitrogens with one attached hydrogen (secondary N) is 1. The molecule has 0 unspecified atom stereocenters. The molecule has 1 saturated carbocycles. The Bertz CT molecular complexity index is 549. The number of nitrogens with zero attached hydrogens (tertiary/aromatic N) is 1. The van der Waals surface area contributed by atoms with Crippen molar-refractivity contribution in [3.05, 3.63) is 29.8 Å². The molecule has 0 heterocycles. The molecule has 1 aliphatic carbocycles. The lowest BCUT2D eigenvalue weighted by Gasteiger charge is -2.21. The molecular formula is C14H14F2N2O2. The van der Waals surface area contributed by atoms with E-state index in [-0.39, 0.29) is 5.75 Å². The summed E-state index contributed by atoms with van der Waals surface area (Å²) in [7, 11) is 0. The summed E-state index contributed by atoms with van der Waals surface area (Å²) in [6.07, 6.45) is 3.00. The standard InChI is InChI=1S/C14H14F2N2O2/c15-10-3-4-12(11(16)7-10)20-8-13(19)18-14(9-17)5-1-2-6-14/h3-4,7H,1-2,5-6,8H2,(H,18,19). The van der Waals surface area contributed by atoms with Crippen LogP contribution in [0.15, 0.2) is 18.2 Å². The Labute approximate surface area is 115 Å². The van der Waals surface area contributed by atoms with E-state index in [0.29, 0.717) is 18.9 Å². The summed E-state index contributed by atoms with van der Waals surface area (Å²) >= 11 is 0. The molecule has 0 aliphatic heterocycles. The summed E-state index contributed by atoms with van der Waals surface area (Å²) in [4.78, 5) is 11.7. The topological polar surface area (TPSA) is 62.1 Å². The van der Waals surface area contributed by atoms with Crippen molar-refractivity contribution in [1.29, 1.82) is 5.26 Å². The van der Waals surface area contributed by atoms with Gasteiger partial charge in [-0.15, -0.1) is 0 Å². The fourth-order valence-corrected chi connectivity index (χ4v) is 2.28. The Kier molecular flexibility index (Phi) is 4.18. The number of nitriles is 1. The minimum Gasteiger partial charge on any atom is -0.481 e. The van der Waals surface area contributed by atoms with Crippen molar-refractivity contribution >= 4 is 5.91 Å². The van der Waals surface area contributed by atoms with Gasteiger partial charge in [0.2, 0.25) is 0 Å². The van der Waals surface area contributed by atoms with Crippen molar-refractivity contribution < 1.29 is 18.3 Å². The van der Waals surface area contributed by atoms with Crippen molar-refractivity contribution in [2.45, 2.75) is 31.2 Å². The fraction of sp³-hybridized carbons (Fsp3) is 0.429. The highest BCUT2D eigenvalue weighted by molar-refractivity contribution is 5.79. The molecule has 4 nitrogen and oxygen atoms in total. The predicted molar refractivity (Wildman–Crippen MR) is 66.8 cm³/mol. The lowest BCUT2D eigenvalue weighted by atomic mass is 10.00. The lowest BCUT2D eigenvalue weighted by Crippen LogP contribution is -2.47. The molecule has 0 atom stereocenters. The van der Waals surface area contributed by atoms with Gasteiger partial charge < -0.3 is 10.1 Å². The maximum atomic E-state index is 13.3. The van der Waals surface area contributed by atoms with E-state index >= 15 is 0 Å². The van der Waals surface area contributed by atoms with Gasteiger partial charge in [0, 0.05) is 6.07 Å². The Morgan fingerprint density at radius 3 is 2.70 bits per heavy atom. The fourth-order valence-electron chi connectivity index (χ4n) is 2.28. The van der Waals surface area contributed by atoms with Crippen LogP contribution in [0.2, 0.25) is 0 Å². The van der Waals surface area contributed by atoms with Crippen LogP contribution in [-0.2, 0) is 4.79 Å². The lowest BCUT2D eigenvalue weighted by molar-refractivity contribution is -0.124. The SMILES string of the molecule is N#CC1(NC(=O)COc2ccc(F)cc2F)CCCC1. The molecule has 6 heteroatoms. The predicted octanol–water partition coefficient (Wildman–Crippen LogP) is 2.30. The van der Waals surface area contributed by atoms with Gasteiger partial charge in [0.25, 0.3) is 5.91 Å². The number of ether oxygens (including phenoxy) is 1. The first-order chi connectivity index (χ1) is 9.54. The summed E-state index contributed by atoms with van der Waals surface area (Å²) in [5.74, 6) is -2.27. The normalized spacial score (nSPS) is 16.4. The molecule has 1 N–H and O–H groups in total. The summed E-state index contributed by atoms with van der Waals surface area (Å²) in [5.41, 5.74) is -0.832. The number of halogens is 2. The van der Waals surface area contributed by atoms with Crippen LogP contribution in [0, 0.1) is 23.0 Å². The molecule has 0 aromatic heterocycles. The largest absolute Gasteiger partial charge is 0.481 e. The van der Waals surface area contributed by atoms with Gasteiger partial charge in [-0.1, -0.05) is 0 Å². The zero-order valence-electron chi connectivity index (χ0n) is 10.8. The molecule has 0 spiro atoms. The van der Waals surface area contributed by atoms with Crippen LogP contribution in [0.5, 0.6) is 5.75 Å². The zero-order chi connectivity index (χ0) is 14.6.